The van der Waals surface area contributed by atoms with E-state index in [1.54, 1.807) is 0 Å². The zero-order valence-corrected chi connectivity index (χ0v) is 7.01. The first-order chi connectivity index (χ1) is 6.19. The molecule has 0 aromatic heterocycles. The number of rotatable bonds is 4. The molecule has 0 aromatic rings. The lowest BCUT2D eigenvalue weighted by Gasteiger charge is -2.20. The fourth-order valence-electron chi connectivity index (χ4n) is 0.623. The number of hydrogen-bond acceptors (Lipinski definition) is 2. The maximum atomic E-state index is 12.3. The predicted octanol–water partition coefficient (Wildman–Crippen LogP) is 0.430. The number of alkyl halides is 4. The minimum Gasteiger partial charge on any atom is -0.480 e. The summed E-state index contributed by atoms with van der Waals surface area (Å²) >= 11 is 0. The van der Waals surface area contributed by atoms with Gasteiger partial charge in [-0.1, -0.05) is 0 Å². The van der Waals surface area contributed by atoms with Crippen LogP contribution in [0.4, 0.5) is 17.6 Å². The Kier molecular flexibility index (Phi) is 3.84. The second kappa shape index (κ2) is 4.25. The van der Waals surface area contributed by atoms with Crippen LogP contribution in [-0.4, -0.2) is 47.8 Å². The topological polar surface area (TPSA) is 57.6 Å². The van der Waals surface area contributed by atoms with Crippen LogP contribution in [0.5, 0.6) is 0 Å². The number of amides is 1. The van der Waals surface area contributed by atoms with Gasteiger partial charge in [-0.25, -0.2) is 8.78 Å². The maximum Gasteiger partial charge on any atom is 0.383 e. The SMILES string of the molecule is CN(CC(=O)O)C(=O)C(F)(F)C(F)F. The molecule has 0 radical (unpaired) electrons. The first-order valence-corrected chi connectivity index (χ1v) is 3.33. The molecular weight excluding hydrogens is 210 g/mol. The third kappa shape index (κ3) is 2.86. The number of carboxylic acids is 1. The van der Waals surface area contributed by atoms with E-state index in [1.807, 2.05) is 0 Å². The van der Waals surface area contributed by atoms with Crippen molar-refractivity contribution in [2.75, 3.05) is 13.6 Å². The van der Waals surface area contributed by atoms with E-state index >= 15 is 0 Å². The van der Waals surface area contributed by atoms with Gasteiger partial charge in [0.05, 0.1) is 0 Å². The lowest BCUT2D eigenvalue weighted by Crippen LogP contribution is -2.47. The van der Waals surface area contributed by atoms with Crippen molar-refractivity contribution in [1.82, 2.24) is 4.90 Å². The van der Waals surface area contributed by atoms with E-state index in [0.717, 1.165) is 0 Å². The van der Waals surface area contributed by atoms with Crippen molar-refractivity contribution < 1.29 is 32.3 Å². The third-order valence-electron chi connectivity index (χ3n) is 1.28. The van der Waals surface area contributed by atoms with Crippen molar-refractivity contribution in [1.29, 1.82) is 0 Å². The van der Waals surface area contributed by atoms with Crippen LogP contribution in [0.2, 0.25) is 0 Å². The number of halogens is 4. The van der Waals surface area contributed by atoms with Crippen molar-refractivity contribution >= 4 is 11.9 Å². The molecule has 8 heteroatoms. The second-order valence-electron chi connectivity index (χ2n) is 2.48. The number of hydrogen-bond donors (Lipinski definition) is 1. The molecule has 0 aliphatic heterocycles. The largest absolute Gasteiger partial charge is 0.480 e. The first-order valence-electron chi connectivity index (χ1n) is 3.33. The predicted molar refractivity (Wildman–Crippen MR) is 36.2 cm³/mol. The van der Waals surface area contributed by atoms with E-state index in [1.165, 1.54) is 0 Å². The number of likely N-dealkylation sites (N-methyl/N-ethyl adjacent to an activating group) is 1. The Hall–Kier alpha value is -1.34. The molecule has 82 valence electrons. The lowest BCUT2D eigenvalue weighted by molar-refractivity contribution is -0.180. The van der Waals surface area contributed by atoms with E-state index in [4.69, 9.17) is 5.11 Å². The summed E-state index contributed by atoms with van der Waals surface area (Å²) in [7, 11) is 0.701. The average Bonchev–Trinajstić information content (AvgIpc) is 2.01. The highest BCUT2D eigenvalue weighted by Gasteiger charge is 2.50. The van der Waals surface area contributed by atoms with Crippen LogP contribution < -0.4 is 0 Å². The summed E-state index contributed by atoms with van der Waals surface area (Å²) in [6.07, 6.45) is -4.15. The monoisotopic (exact) mass is 217 g/mol. The molecule has 0 rings (SSSR count). The zero-order chi connectivity index (χ0) is 11.5. The molecule has 0 aliphatic rings. The van der Waals surface area contributed by atoms with Gasteiger partial charge in [0.15, 0.2) is 0 Å². The summed E-state index contributed by atoms with van der Waals surface area (Å²) in [6, 6.07) is 0. The van der Waals surface area contributed by atoms with Gasteiger partial charge < -0.3 is 10.0 Å². The van der Waals surface area contributed by atoms with Crippen LogP contribution in [0, 0.1) is 0 Å². The highest BCUT2D eigenvalue weighted by Crippen LogP contribution is 2.24. The third-order valence-corrected chi connectivity index (χ3v) is 1.28. The average molecular weight is 217 g/mol. The Morgan fingerprint density at radius 1 is 1.43 bits per heavy atom. The molecule has 4 nitrogen and oxygen atoms in total. The Morgan fingerprint density at radius 2 is 1.86 bits per heavy atom. The van der Waals surface area contributed by atoms with E-state index in [9.17, 15) is 27.2 Å². The molecule has 0 heterocycles. The van der Waals surface area contributed by atoms with E-state index < -0.39 is 30.8 Å². The Balaban J connectivity index is 4.53. The van der Waals surface area contributed by atoms with Gasteiger partial charge in [-0.05, 0) is 0 Å². The molecule has 0 atom stereocenters. The summed E-state index contributed by atoms with van der Waals surface area (Å²) in [5.74, 6) is -8.62. The molecule has 1 N–H and O–H groups in total. The second-order valence-corrected chi connectivity index (χ2v) is 2.48. The first kappa shape index (κ1) is 12.7. The fourth-order valence-corrected chi connectivity index (χ4v) is 0.623. The number of carbonyl (C=O) groups excluding carboxylic acids is 1. The van der Waals surface area contributed by atoms with Crippen LogP contribution in [0.1, 0.15) is 0 Å². The van der Waals surface area contributed by atoms with Crippen LogP contribution in [0.25, 0.3) is 0 Å². The molecule has 0 saturated carbocycles. The summed E-state index contributed by atoms with van der Waals surface area (Å²) in [4.78, 5) is 20.6. The number of carbonyl (C=O) groups is 2. The van der Waals surface area contributed by atoms with Crippen LogP contribution in [0.15, 0.2) is 0 Å². The normalized spacial score (nSPS) is 11.6. The summed E-state index contributed by atoms with van der Waals surface area (Å²) < 4.78 is 47.8. The molecule has 0 bridgehead atoms. The quantitative estimate of drug-likeness (QED) is 0.694. The number of nitrogens with zero attached hydrogens (tertiary/aromatic N) is 1. The van der Waals surface area contributed by atoms with Crippen molar-refractivity contribution in [3.8, 4) is 0 Å². The number of aliphatic carboxylic acids is 1. The van der Waals surface area contributed by atoms with E-state index in [2.05, 4.69) is 0 Å². The Bertz CT molecular complexity index is 243. The molecule has 0 spiro atoms. The summed E-state index contributed by atoms with van der Waals surface area (Å²) in [5.41, 5.74) is 0. The van der Waals surface area contributed by atoms with Gasteiger partial charge in [-0.3, -0.25) is 9.59 Å². The van der Waals surface area contributed by atoms with E-state index in [-0.39, 0.29) is 4.90 Å². The van der Waals surface area contributed by atoms with Crippen LogP contribution >= 0.6 is 0 Å². The standard InChI is InChI=1S/C6H7F4NO3/c1-11(2-3(12)13)5(14)6(9,10)4(7)8/h4H,2H2,1H3,(H,12,13). The molecule has 0 aromatic carbocycles. The van der Waals surface area contributed by atoms with Crippen molar-refractivity contribution in [3.05, 3.63) is 0 Å². The highest BCUT2D eigenvalue weighted by atomic mass is 19.3. The van der Waals surface area contributed by atoms with Gasteiger partial charge in [-0.2, -0.15) is 8.78 Å². The highest BCUT2D eigenvalue weighted by molar-refractivity contribution is 5.86. The smallest absolute Gasteiger partial charge is 0.383 e. The van der Waals surface area contributed by atoms with Crippen LogP contribution in [-0.2, 0) is 9.59 Å². The van der Waals surface area contributed by atoms with Crippen molar-refractivity contribution in [2.24, 2.45) is 0 Å². The van der Waals surface area contributed by atoms with Crippen LogP contribution in [0.3, 0.4) is 0 Å². The molecule has 0 unspecified atom stereocenters. The molecule has 0 fully saturated rings. The van der Waals surface area contributed by atoms with Gasteiger partial charge in [0, 0.05) is 7.05 Å². The maximum absolute atomic E-state index is 12.3. The van der Waals surface area contributed by atoms with Gasteiger partial charge in [0.1, 0.15) is 6.54 Å². The summed E-state index contributed by atoms with van der Waals surface area (Å²) in [5, 5.41) is 8.11. The van der Waals surface area contributed by atoms with Gasteiger partial charge in [-0.15, -0.1) is 0 Å². The number of carboxylic acid groups (broad SMARTS) is 1. The van der Waals surface area contributed by atoms with Gasteiger partial charge in [0.2, 0.25) is 0 Å². The van der Waals surface area contributed by atoms with E-state index in [0.29, 0.717) is 7.05 Å². The molecule has 14 heavy (non-hydrogen) atoms. The Morgan fingerprint density at radius 3 is 2.14 bits per heavy atom. The zero-order valence-electron chi connectivity index (χ0n) is 7.01. The van der Waals surface area contributed by atoms with Gasteiger partial charge >= 0.3 is 18.3 Å². The summed E-state index contributed by atoms with van der Waals surface area (Å²) in [6.45, 7) is -1.05. The van der Waals surface area contributed by atoms with Crippen molar-refractivity contribution in [2.45, 2.75) is 12.3 Å². The van der Waals surface area contributed by atoms with Crippen molar-refractivity contribution in [3.63, 3.8) is 0 Å². The molecular formula is C6H7F4NO3. The minimum atomic E-state index is -4.84. The Labute approximate surface area is 76.1 Å². The minimum absolute atomic E-state index is 0.0223. The fraction of sp³-hybridized carbons (Fsp3) is 0.667. The molecule has 0 saturated heterocycles. The van der Waals surface area contributed by atoms with Gasteiger partial charge in [0.25, 0.3) is 5.91 Å². The lowest BCUT2D eigenvalue weighted by atomic mass is 10.3. The molecule has 1 amide bonds. The molecule has 0 aliphatic carbocycles.